The number of carbonyl (C=O) groups is 3. The maximum atomic E-state index is 13.3. The van der Waals surface area contributed by atoms with Crippen LogP contribution in [0.3, 0.4) is 0 Å². The molecule has 0 saturated carbocycles. The highest BCUT2D eigenvalue weighted by molar-refractivity contribution is 6.08. The molecule has 1 aliphatic heterocycles. The Hall–Kier alpha value is -4.01. The zero-order valence-electron chi connectivity index (χ0n) is 17.8. The number of esters is 2. The molecule has 1 aliphatic rings. The number of para-hydroxylation sites is 2. The normalized spacial score (nSPS) is 13.1. The second-order valence-corrected chi connectivity index (χ2v) is 7.32. The summed E-state index contributed by atoms with van der Waals surface area (Å²) in [6.45, 7) is 1.58. The standard InChI is InChI=1S/C23H22N4O5/c1-31-22(29)14-11-15(23(30)32-2)13-16(12-14)24-21(28)19-20(27-9-5-6-10-27)26-18-8-4-3-7-17(18)25-19/h3-4,7-8,11-13H,5-6,9-10H2,1-2H3,(H,24,28). The molecule has 4 rings (SSSR count). The molecule has 1 saturated heterocycles. The fraction of sp³-hybridized carbons (Fsp3) is 0.261. The van der Waals surface area contributed by atoms with Crippen LogP contribution in [0.1, 0.15) is 44.0 Å². The van der Waals surface area contributed by atoms with Crippen LogP contribution in [-0.4, -0.2) is 55.1 Å². The SMILES string of the molecule is COC(=O)c1cc(NC(=O)c2nc3ccccc3nc2N2CCCC2)cc(C(=O)OC)c1. The van der Waals surface area contributed by atoms with Gasteiger partial charge in [0.05, 0.1) is 36.4 Å². The largest absolute Gasteiger partial charge is 0.465 e. The third kappa shape index (κ3) is 4.22. The average Bonchev–Trinajstić information content (AvgIpc) is 3.36. The van der Waals surface area contributed by atoms with E-state index in [0.717, 1.165) is 25.9 Å². The molecule has 0 atom stereocenters. The summed E-state index contributed by atoms with van der Waals surface area (Å²) in [7, 11) is 2.47. The van der Waals surface area contributed by atoms with Crippen LogP contribution in [0, 0.1) is 0 Å². The van der Waals surface area contributed by atoms with Gasteiger partial charge in [-0.15, -0.1) is 0 Å². The molecule has 0 spiro atoms. The fourth-order valence-electron chi connectivity index (χ4n) is 3.65. The van der Waals surface area contributed by atoms with Crippen molar-refractivity contribution < 1.29 is 23.9 Å². The van der Waals surface area contributed by atoms with E-state index in [1.165, 1.54) is 32.4 Å². The number of aromatic nitrogens is 2. The van der Waals surface area contributed by atoms with Crippen molar-refractivity contribution in [3.05, 3.63) is 59.3 Å². The lowest BCUT2D eigenvalue weighted by atomic mass is 10.1. The number of hydrogen-bond donors (Lipinski definition) is 1. The van der Waals surface area contributed by atoms with Crippen molar-refractivity contribution in [2.24, 2.45) is 0 Å². The maximum Gasteiger partial charge on any atom is 0.337 e. The van der Waals surface area contributed by atoms with E-state index in [2.05, 4.69) is 10.3 Å². The molecule has 3 aromatic rings. The van der Waals surface area contributed by atoms with E-state index in [-0.39, 0.29) is 22.5 Å². The van der Waals surface area contributed by atoms with Crippen LogP contribution in [0.2, 0.25) is 0 Å². The van der Waals surface area contributed by atoms with Crippen molar-refractivity contribution in [2.75, 3.05) is 37.5 Å². The monoisotopic (exact) mass is 434 g/mol. The van der Waals surface area contributed by atoms with Gasteiger partial charge in [0.2, 0.25) is 0 Å². The number of anilines is 2. The van der Waals surface area contributed by atoms with Gasteiger partial charge in [0.25, 0.3) is 5.91 Å². The molecular weight excluding hydrogens is 412 g/mol. The van der Waals surface area contributed by atoms with Crippen molar-refractivity contribution in [3.63, 3.8) is 0 Å². The molecule has 0 unspecified atom stereocenters. The number of amides is 1. The van der Waals surface area contributed by atoms with E-state index in [1.54, 1.807) is 6.07 Å². The molecule has 2 aromatic carbocycles. The molecule has 164 valence electrons. The highest BCUT2D eigenvalue weighted by Crippen LogP contribution is 2.26. The number of fused-ring (bicyclic) bond motifs is 1. The second-order valence-electron chi connectivity index (χ2n) is 7.32. The minimum atomic E-state index is -0.644. The summed E-state index contributed by atoms with van der Waals surface area (Å²) >= 11 is 0. The molecule has 1 fully saturated rings. The third-order valence-corrected chi connectivity index (χ3v) is 5.21. The molecule has 0 bridgehead atoms. The van der Waals surface area contributed by atoms with Crippen molar-refractivity contribution in [3.8, 4) is 0 Å². The minimum absolute atomic E-state index is 0.107. The summed E-state index contributed by atoms with van der Waals surface area (Å²) < 4.78 is 9.50. The van der Waals surface area contributed by atoms with Crippen LogP contribution in [0.4, 0.5) is 11.5 Å². The predicted octanol–water partition coefficient (Wildman–Crippen LogP) is 3.06. The van der Waals surface area contributed by atoms with Crippen LogP contribution < -0.4 is 10.2 Å². The summed E-state index contributed by atoms with van der Waals surface area (Å²) in [5.74, 6) is -1.27. The zero-order chi connectivity index (χ0) is 22.7. The lowest BCUT2D eigenvalue weighted by Gasteiger charge is -2.19. The highest BCUT2D eigenvalue weighted by Gasteiger charge is 2.24. The summed E-state index contributed by atoms with van der Waals surface area (Å²) in [6.07, 6.45) is 2.03. The molecule has 0 radical (unpaired) electrons. The van der Waals surface area contributed by atoms with Crippen LogP contribution in [0.25, 0.3) is 11.0 Å². The third-order valence-electron chi connectivity index (χ3n) is 5.21. The van der Waals surface area contributed by atoms with Crippen LogP contribution in [0.15, 0.2) is 42.5 Å². The molecule has 2 heterocycles. The molecule has 1 N–H and O–H groups in total. The Labute approximate surface area is 184 Å². The number of nitrogens with one attached hydrogen (secondary N) is 1. The average molecular weight is 434 g/mol. The summed E-state index contributed by atoms with van der Waals surface area (Å²) in [6, 6.07) is 11.6. The molecule has 9 heteroatoms. The molecule has 32 heavy (non-hydrogen) atoms. The van der Waals surface area contributed by atoms with E-state index in [4.69, 9.17) is 14.5 Å². The number of methoxy groups -OCH3 is 2. The van der Waals surface area contributed by atoms with Gasteiger partial charge in [-0.2, -0.15) is 0 Å². The van der Waals surface area contributed by atoms with E-state index in [0.29, 0.717) is 16.9 Å². The summed E-state index contributed by atoms with van der Waals surface area (Å²) in [4.78, 5) is 48.6. The Morgan fingerprint density at radius 2 is 1.44 bits per heavy atom. The number of nitrogens with zero attached hydrogens (tertiary/aromatic N) is 3. The predicted molar refractivity (Wildman–Crippen MR) is 118 cm³/mol. The lowest BCUT2D eigenvalue weighted by Crippen LogP contribution is -2.25. The molecular formula is C23H22N4O5. The van der Waals surface area contributed by atoms with Crippen molar-refractivity contribution in [1.29, 1.82) is 0 Å². The second kappa shape index (κ2) is 9.01. The highest BCUT2D eigenvalue weighted by atomic mass is 16.5. The first kappa shape index (κ1) is 21.2. The first-order valence-corrected chi connectivity index (χ1v) is 10.1. The van der Waals surface area contributed by atoms with Gasteiger partial charge in [-0.1, -0.05) is 12.1 Å². The van der Waals surface area contributed by atoms with Crippen LogP contribution in [-0.2, 0) is 9.47 Å². The van der Waals surface area contributed by atoms with E-state index >= 15 is 0 Å². The number of carbonyl (C=O) groups excluding carboxylic acids is 3. The van der Waals surface area contributed by atoms with Gasteiger partial charge >= 0.3 is 11.9 Å². The van der Waals surface area contributed by atoms with Crippen LogP contribution >= 0.6 is 0 Å². The number of benzene rings is 2. The fourth-order valence-corrected chi connectivity index (χ4v) is 3.65. The lowest BCUT2D eigenvalue weighted by molar-refractivity contribution is 0.0599. The van der Waals surface area contributed by atoms with E-state index in [1.807, 2.05) is 23.1 Å². The Morgan fingerprint density at radius 1 is 0.875 bits per heavy atom. The first-order valence-electron chi connectivity index (χ1n) is 10.1. The summed E-state index contributed by atoms with van der Waals surface area (Å²) in [5.41, 5.74) is 1.92. The summed E-state index contributed by atoms with van der Waals surface area (Å²) in [5, 5.41) is 2.74. The topological polar surface area (TPSA) is 111 Å². The van der Waals surface area contributed by atoms with Gasteiger partial charge in [0, 0.05) is 18.8 Å². The molecule has 0 aliphatic carbocycles. The van der Waals surface area contributed by atoms with E-state index < -0.39 is 17.8 Å². The van der Waals surface area contributed by atoms with Gasteiger partial charge in [-0.05, 0) is 43.2 Å². The smallest absolute Gasteiger partial charge is 0.337 e. The first-order chi connectivity index (χ1) is 15.5. The molecule has 1 aromatic heterocycles. The Bertz CT molecular complexity index is 1170. The molecule has 9 nitrogen and oxygen atoms in total. The number of hydrogen-bond acceptors (Lipinski definition) is 8. The van der Waals surface area contributed by atoms with Crippen molar-refractivity contribution in [2.45, 2.75) is 12.8 Å². The maximum absolute atomic E-state index is 13.3. The van der Waals surface area contributed by atoms with Gasteiger partial charge in [-0.25, -0.2) is 19.6 Å². The van der Waals surface area contributed by atoms with Gasteiger partial charge < -0.3 is 19.7 Å². The minimum Gasteiger partial charge on any atom is -0.465 e. The molecule has 1 amide bonds. The zero-order valence-corrected chi connectivity index (χ0v) is 17.8. The van der Waals surface area contributed by atoms with Crippen molar-refractivity contribution >= 4 is 40.4 Å². The van der Waals surface area contributed by atoms with Crippen LogP contribution in [0.5, 0.6) is 0 Å². The van der Waals surface area contributed by atoms with E-state index in [9.17, 15) is 14.4 Å². The Morgan fingerprint density at radius 3 is 2.00 bits per heavy atom. The Balaban J connectivity index is 1.74. The van der Waals surface area contributed by atoms with Gasteiger partial charge in [0.1, 0.15) is 0 Å². The van der Waals surface area contributed by atoms with Gasteiger partial charge in [-0.3, -0.25) is 4.79 Å². The Kier molecular flexibility index (Phi) is 5.98. The quantitative estimate of drug-likeness (QED) is 0.610. The van der Waals surface area contributed by atoms with Crippen molar-refractivity contribution in [1.82, 2.24) is 9.97 Å². The number of ether oxygens (including phenoxy) is 2. The van der Waals surface area contributed by atoms with Gasteiger partial charge in [0.15, 0.2) is 11.5 Å². The number of rotatable bonds is 5.